The zero-order valence-electron chi connectivity index (χ0n) is 9.22. The highest BCUT2D eigenvalue weighted by atomic mass is 19.1. The molecule has 0 spiro atoms. The normalized spacial score (nSPS) is 8.90. The number of H-pyrrole nitrogens is 2. The lowest BCUT2D eigenvalue weighted by Crippen LogP contribution is -2.10. The SMILES string of the molecule is C.O=c1[nH]cc(F)cc1[N+](=O)[O-].O=c1ccc(F)c[nH]1. The molecule has 0 atom stereocenters. The Kier molecular flexibility index (Phi) is 6.49. The van der Waals surface area contributed by atoms with Crippen LogP contribution in [-0.4, -0.2) is 14.9 Å². The van der Waals surface area contributed by atoms with Crippen molar-refractivity contribution in [3.05, 3.63) is 73.0 Å². The number of aromatic amines is 2. The van der Waals surface area contributed by atoms with Crippen molar-refractivity contribution < 1.29 is 13.7 Å². The van der Waals surface area contributed by atoms with Crippen LogP contribution in [0.3, 0.4) is 0 Å². The lowest BCUT2D eigenvalue weighted by Gasteiger charge is -1.88. The van der Waals surface area contributed by atoms with E-state index in [0.29, 0.717) is 6.07 Å². The first kappa shape index (κ1) is 17.2. The molecule has 0 aliphatic rings. The molecule has 7 nitrogen and oxygen atoms in total. The molecule has 20 heavy (non-hydrogen) atoms. The van der Waals surface area contributed by atoms with Gasteiger partial charge in [0.15, 0.2) is 0 Å². The largest absolute Gasteiger partial charge is 0.336 e. The van der Waals surface area contributed by atoms with Gasteiger partial charge < -0.3 is 9.97 Å². The van der Waals surface area contributed by atoms with Gasteiger partial charge in [-0.25, -0.2) is 8.78 Å². The van der Waals surface area contributed by atoms with Crippen molar-refractivity contribution in [3.8, 4) is 0 Å². The van der Waals surface area contributed by atoms with Gasteiger partial charge in [0, 0.05) is 18.5 Å². The number of nitro groups is 1. The van der Waals surface area contributed by atoms with E-state index in [9.17, 15) is 28.5 Å². The number of halogens is 2. The third-order valence-corrected chi connectivity index (χ3v) is 1.79. The Morgan fingerprint density at radius 3 is 2.05 bits per heavy atom. The number of hydrogen-bond donors (Lipinski definition) is 2. The molecule has 0 aliphatic carbocycles. The van der Waals surface area contributed by atoms with Crippen LogP contribution in [0.15, 0.2) is 40.2 Å². The molecule has 0 aliphatic heterocycles. The van der Waals surface area contributed by atoms with Crippen LogP contribution in [-0.2, 0) is 0 Å². The van der Waals surface area contributed by atoms with Gasteiger partial charge in [-0.05, 0) is 6.07 Å². The first-order valence-electron chi connectivity index (χ1n) is 4.77. The summed E-state index contributed by atoms with van der Waals surface area (Å²) < 4.78 is 24.1. The average Bonchev–Trinajstić information content (AvgIpc) is 2.36. The maximum absolute atomic E-state index is 12.2. The lowest BCUT2D eigenvalue weighted by atomic mass is 10.4. The summed E-state index contributed by atoms with van der Waals surface area (Å²) in [4.78, 5) is 33.8. The van der Waals surface area contributed by atoms with Crippen molar-refractivity contribution in [3.63, 3.8) is 0 Å². The highest BCUT2D eigenvalue weighted by Gasteiger charge is 2.11. The van der Waals surface area contributed by atoms with E-state index in [1.54, 1.807) is 0 Å². The molecule has 0 aromatic carbocycles. The number of pyridine rings is 2. The monoisotopic (exact) mass is 287 g/mol. The van der Waals surface area contributed by atoms with Crippen molar-refractivity contribution in [2.24, 2.45) is 0 Å². The van der Waals surface area contributed by atoms with Crippen LogP contribution in [0, 0.1) is 21.7 Å². The first-order valence-corrected chi connectivity index (χ1v) is 4.77. The Hall–Kier alpha value is -2.84. The Morgan fingerprint density at radius 2 is 1.65 bits per heavy atom. The summed E-state index contributed by atoms with van der Waals surface area (Å²) in [5.74, 6) is -1.26. The van der Waals surface area contributed by atoms with E-state index in [1.807, 2.05) is 4.98 Å². The molecular formula is C11H11F2N3O4. The van der Waals surface area contributed by atoms with Gasteiger partial charge in [0.1, 0.15) is 11.6 Å². The van der Waals surface area contributed by atoms with Gasteiger partial charge >= 0.3 is 11.2 Å². The number of rotatable bonds is 1. The summed E-state index contributed by atoms with van der Waals surface area (Å²) in [5.41, 5.74) is -1.98. The van der Waals surface area contributed by atoms with Crippen molar-refractivity contribution in [1.29, 1.82) is 0 Å². The molecule has 0 radical (unpaired) electrons. The third kappa shape index (κ3) is 5.21. The van der Waals surface area contributed by atoms with Gasteiger partial charge in [-0.2, -0.15) is 0 Å². The zero-order valence-corrected chi connectivity index (χ0v) is 9.22. The van der Waals surface area contributed by atoms with Crippen molar-refractivity contribution in [1.82, 2.24) is 9.97 Å². The topological polar surface area (TPSA) is 109 Å². The second-order valence-corrected chi connectivity index (χ2v) is 3.16. The van der Waals surface area contributed by atoms with E-state index < -0.39 is 27.8 Å². The summed E-state index contributed by atoms with van der Waals surface area (Å²) in [5, 5.41) is 9.99. The van der Waals surface area contributed by atoms with E-state index in [1.165, 1.54) is 0 Å². The molecule has 0 unspecified atom stereocenters. The van der Waals surface area contributed by atoms with Crippen LogP contribution >= 0.6 is 0 Å². The second-order valence-electron chi connectivity index (χ2n) is 3.16. The minimum absolute atomic E-state index is 0. The van der Waals surface area contributed by atoms with E-state index >= 15 is 0 Å². The molecule has 0 amide bonds. The number of nitrogens with zero attached hydrogens (tertiary/aromatic N) is 1. The van der Waals surface area contributed by atoms with Crippen LogP contribution in [0.4, 0.5) is 14.5 Å². The van der Waals surface area contributed by atoms with E-state index in [4.69, 9.17) is 0 Å². The Morgan fingerprint density at radius 1 is 1.05 bits per heavy atom. The van der Waals surface area contributed by atoms with E-state index in [2.05, 4.69) is 4.98 Å². The van der Waals surface area contributed by atoms with Gasteiger partial charge in [0.2, 0.25) is 5.56 Å². The number of aromatic nitrogens is 2. The van der Waals surface area contributed by atoms with Crippen LogP contribution < -0.4 is 11.1 Å². The summed E-state index contributed by atoms with van der Waals surface area (Å²) in [7, 11) is 0. The average molecular weight is 287 g/mol. The molecule has 2 rings (SSSR count). The number of hydrogen-bond acceptors (Lipinski definition) is 4. The zero-order chi connectivity index (χ0) is 14.4. The minimum atomic E-state index is -0.943. The summed E-state index contributed by atoms with van der Waals surface area (Å²) >= 11 is 0. The fraction of sp³-hybridized carbons (Fsp3) is 0.0909. The number of nitrogens with one attached hydrogen (secondary N) is 2. The molecule has 2 N–H and O–H groups in total. The molecule has 2 aromatic heterocycles. The van der Waals surface area contributed by atoms with Gasteiger partial charge in [0.05, 0.1) is 11.0 Å². The third-order valence-electron chi connectivity index (χ3n) is 1.79. The second kappa shape index (κ2) is 7.56. The predicted octanol–water partition coefficient (Wildman–Crippen LogP) is 1.57. The fourth-order valence-corrected chi connectivity index (χ4v) is 0.973. The van der Waals surface area contributed by atoms with Crippen molar-refractivity contribution >= 4 is 5.69 Å². The van der Waals surface area contributed by atoms with Gasteiger partial charge in [0.25, 0.3) is 0 Å². The maximum Gasteiger partial charge on any atom is 0.336 e. The molecule has 0 saturated carbocycles. The maximum atomic E-state index is 12.2. The van der Waals surface area contributed by atoms with Crippen LogP contribution in [0.1, 0.15) is 7.43 Å². The predicted molar refractivity (Wildman–Crippen MR) is 67.4 cm³/mol. The molecule has 2 aromatic rings. The Balaban J connectivity index is 0.000000359. The van der Waals surface area contributed by atoms with Gasteiger partial charge in [-0.15, -0.1) is 0 Å². The quantitative estimate of drug-likeness (QED) is 0.612. The van der Waals surface area contributed by atoms with Gasteiger partial charge in [-0.1, -0.05) is 7.43 Å². The van der Waals surface area contributed by atoms with Crippen LogP contribution in [0.5, 0.6) is 0 Å². The Bertz CT molecular complexity index is 676. The lowest BCUT2D eigenvalue weighted by molar-refractivity contribution is -0.386. The van der Waals surface area contributed by atoms with Crippen LogP contribution in [0.2, 0.25) is 0 Å². The Labute approximate surface area is 111 Å². The standard InChI is InChI=1S/C5H3FN2O3.C5H4FNO.CH4/c6-3-1-4(8(10)11)5(9)7-2-3;6-4-1-2-5(8)7-3-4;/h1-2H,(H,7,9);1-3H,(H,7,8);1H4. The molecular weight excluding hydrogens is 276 g/mol. The van der Waals surface area contributed by atoms with Crippen molar-refractivity contribution in [2.75, 3.05) is 0 Å². The molecule has 0 bridgehead atoms. The molecule has 108 valence electrons. The fourth-order valence-electron chi connectivity index (χ4n) is 0.973. The van der Waals surface area contributed by atoms with Crippen LogP contribution in [0.25, 0.3) is 0 Å². The van der Waals surface area contributed by atoms with Gasteiger partial charge in [-0.3, -0.25) is 19.7 Å². The first-order chi connectivity index (χ1) is 8.90. The minimum Gasteiger partial charge on any atom is -0.326 e. The molecule has 9 heteroatoms. The van der Waals surface area contributed by atoms with E-state index in [0.717, 1.165) is 24.5 Å². The molecule has 0 saturated heterocycles. The highest BCUT2D eigenvalue weighted by Crippen LogP contribution is 2.03. The summed E-state index contributed by atoms with van der Waals surface area (Å²) in [6.07, 6.45) is 1.78. The summed E-state index contributed by atoms with van der Waals surface area (Å²) in [6, 6.07) is 2.81. The smallest absolute Gasteiger partial charge is 0.326 e. The molecule has 0 fully saturated rings. The molecule has 2 heterocycles. The highest BCUT2D eigenvalue weighted by molar-refractivity contribution is 5.24. The summed E-state index contributed by atoms with van der Waals surface area (Å²) in [6.45, 7) is 0. The van der Waals surface area contributed by atoms with E-state index in [-0.39, 0.29) is 13.0 Å². The van der Waals surface area contributed by atoms with Crippen molar-refractivity contribution in [2.45, 2.75) is 7.43 Å².